The number of carboxylic acid groups (broad SMARTS) is 1. The lowest BCUT2D eigenvalue weighted by Crippen LogP contribution is -2.10. The Morgan fingerprint density at radius 3 is 2.74 bits per heavy atom. The van der Waals surface area contributed by atoms with Crippen LogP contribution in [0.3, 0.4) is 0 Å². The van der Waals surface area contributed by atoms with Crippen molar-refractivity contribution in [1.29, 1.82) is 5.26 Å². The molecule has 0 unspecified atom stereocenters. The number of hydrogen-bond acceptors (Lipinski definition) is 5. The molecule has 0 bridgehead atoms. The van der Waals surface area contributed by atoms with E-state index in [0.717, 1.165) is 0 Å². The topological polar surface area (TPSA) is 96.6 Å². The summed E-state index contributed by atoms with van der Waals surface area (Å²) >= 11 is 0. The smallest absolute Gasteiger partial charge is 0.478 e. The van der Waals surface area contributed by atoms with Crippen LogP contribution in [0.5, 0.6) is 0 Å². The maximum atomic E-state index is 11.1. The molecule has 0 aliphatic rings. The Bertz CT molecular complexity index is 544. The van der Waals surface area contributed by atoms with Gasteiger partial charge in [0.25, 0.3) is 0 Å². The van der Waals surface area contributed by atoms with Crippen molar-refractivity contribution in [1.82, 2.24) is 0 Å². The van der Waals surface area contributed by atoms with Crippen molar-refractivity contribution in [2.75, 3.05) is 6.61 Å². The molecule has 1 rings (SSSR count). The number of ether oxygens (including phenoxy) is 2. The summed E-state index contributed by atoms with van der Waals surface area (Å²) in [6, 6.07) is 5.92. The molecule has 0 atom stereocenters. The Labute approximate surface area is 109 Å². The summed E-state index contributed by atoms with van der Waals surface area (Å²) in [5, 5.41) is 17.7. The van der Waals surface area contributed by atoms with Gasteiger partial charge in [-0.1, -0.05) is 18.7 Å². The van der Waals surface area contributed by atoms with E-state index < -0.39 is 12.1 Å². The molecule has 0 amide bonds. The number of carbonyl (C=O) groups is 2. The van der Waals surface area contributed by atoms with Gasteiger partial charge in [0.05, 0.1) is 17.2 Å². The van der Waals surface area contributed by atoms with Crippen LogP contribution in [0.4, 0.5) is 4.79 Å². The minimum atomic E-state index is -1.20. The lowest BCUT2D eigenvalue weighted by atomic mass is 10.1. The fraction of sp³-hybridized carbons (Fsp3) is 0.154. The minimum Gasteiger partial charge on any atom is -0.478 e. The SMILES string of the molecule is C=CCOC(=O)OCc1ccc(C#N)cc1C(=O)O. The second kappa shape index (κ2) is 6.81. The van der Waals surface area contributed by atoms with Crippen LogP contribution < -0.4 is 0 Å². The van der Waals surface area contributed by atoms with E-state index in [1.165, 1.54) is 24.3 Å². The molecule has 6 nitrogen and oxygen atoms in total. The molecule has 19 heavy (non-hydrogen) atoms. The summed E-state index contributed by atoms with van der Waals surface area (Å²) in [5.41, 5.74) is 0.410. The van der Waals surface area contributed by atoms with E-state index in [0.29, 0.717) is 0 Å². The summed E-state index contributed by atoms with van der Waals surface area (Å²) in [6.07, 6.45) is 0.464. The highest BCUT2D eigenvalue weighted by atomic mass is 16.7. The van der Waals surface area contributed by atoms with Crippen LogP contribution in [0, 0.1) is 11.3 Å². The number of hydrogen-bond donors (Lipinski definition) is 1. The molecular weight excluding hydrogens is 250 g/mol. The lowest BCUT2D eigenvalue weighted by molar-refractivity contribution is 0.0558. The number of benzene rings is 1. The van der Waals surface area contributed by atoms with E-state index in [-0.39, 0.29) is 29.9 Å². The van der Waals surface area contributed by atoms with Gasteiger partial charge in [0.1, 0.15) is 13.2 Å². The normalized spacial score (nSPS) is 9.21. The van der Waals surface area contributed by atoms with E-state index in [1.54, 1.807) is 0 Å². The molecule has 0 aliphatic carbocycles. The Kier molecular flexibility index (Phi) is 5.11. The van der Waals surface area contributed by atoms with Crippen molar-refractivity contribution in [3.8, 4) is 6.07 Å². The summed E-state index contributed by atoms with van der Waals surface area (Å²) in [5.74, 6) is -1.20. The van der Waals surface area contributed by atoms with Gasteiger partial charge in [0.15, 0.2) is 0 Å². The first-order chi connectivity index (χ1) is 9.08. The van der Waals surface area contributed by atoms with E-state index in [1.807, 2.05) is 6.07 Å². The molecule has 1 aromatic rings. The van der Waals surface area contributed by atoms with Crippen LogP contribution in [-0.4, -0.2) is 23.8 Å². The van der Waals surface area contributed by atoms with Crippen LogP contribution in [0.15, 0.2) is 30.9 Å². The van der Waals surface area contributed by atoms with E-state index in [9.17, 15) is 9.59 Å². The Morgan fingerprint density at radius 2 is 2.16 bits per heavy atom. The first-order valence-electron chi connectivity index (χ1n) is 5.25. The zero-order valence-corrected chi connectivity index (χ0v) is 9.96. The summed E-state index contributed by atoms with van der Waals surface area (Å²) in [4.78, 5) is 22.1. The molecule has 0 aliphatic heterocycles. The van der Waals surface area contributed by atoms with Crippen LogP contribution in [0.1, 0.15) is 21.5 Å². The van der Waals surface area contributed by atoms with Crippen LogP contribution in [0.2, 0.25) is 0 Å². The molecular formula is C13H11NO5. The molecule has 0 fully saturated rings. The Balaban J connectivity index is 2.78. The monoisotopic (exact) mass is 261 g/mol. The first-order valence-corrected chi connectivity index (χ1v) is 5.25. The summed E-state index contributed by atoms with van der Waals surface area (Å²) in [7, 11) is 0. The van der Waals surface area contributed by atoms with E-state index in [2.05, 4.69) is 11.3 Å². The zero-order chi connectivity index (χ0) is 14.3. The van der Waals surface area contributed by atoms with Crippen molar-refractivity contribution in [3.63, 3.8) is 0 Å². The second-order valence-corrected chi connectivity index (χ2v) is 3.43. The highest BCUT2D eigenvalue weighted by molar-refractivity contribution is 5.89. The van der Waals surface area contributed by atoms with Gasteiger partial charge in [-0.2, -0.15) is 5.26 Å². The molecule has 0 heterocycles. The molecule has 98 valence electrons. The van der Waals surface area contributed by atoms with Crippen molar-refractivity contribution in [3.05, 3.63) is 47.5 Å². The highest BCUT2D eigenvalue weighted by Crippen LogP contribution is 2.13. The van der Waals surface area contributed by atoms with Gasteiger partial charge in [0, 0.05) is 5.56 Å². The number of rotatable bonds is 5. The summed E-state index contributed by atoms with van der Waals surface area (Å²) < 4.78 is 9.32. The predicted molar refractivity (Wildman–Crippen MR) is 64.5 cm³/mol. The van der Waals surface area contributed by atoms with Gasteiger partial charge < -0.3 is 14.6 Å². The van der Waals surface area contributed by atoms with Crippen molar-refractivity contribution >= 4 is 12.1 Å². The van der Waals surface area contributed by atoms with Crippen molar-refractivity contribution < 1.29 is 24.2 Å². The average Bonchev–Trinajstić information content (AvgIpc) is 2.42. The van der Waals surface area contributed by atoms with Crippen LogP contribution in [0.25, 0.3) is 0 Å². The molecule has 6 heteroatoms. The Hall–Kier alpha value is -2.81. The molecule has 0 saturated heterocycles. The van der Waals surface area contributed by atoms with Crippen LogP contribution in [-0.2, 0) is 16.1 Å². The molecule has 1 N–H and O–H groups in total. The Morgan fingerprint density at radius 1 is 1.42 bits per heavy atom. The third-order valence-corrected chi connectivity index (χ3v) is 2.13. The van der Waals surface area contributed by atoms with Gasteiger partial charge in [-0.3, -0.25) is 0 Å². The fourth-order valence-electron chi connectivity index (χ4n) is 1.28. The van der Waals surface area contributed by atoms with Gasteiger partial charge in [-0.25, -0.2) is 9.59 Å². The highest BCUT2D eigenvalue weighted by Gasteiger charge is 2.13. The summed E-state index contributed by atoms with van der Waals surface area (Å²) in [6.45, 7) is 3.13. The molecule has 0 radical (unpaired) electrons. The minimum absolute atomic E-state index is 0.0119. The average molecular weight is 261 g/mol. The maximum absolute atomic E-state index is 11.1. The van der Waals surface area contributed by atoms with Gasteiger partial charge in [-0.05, 0) is 12.1 Å². The van der Waals surface area contributed by atoms with E-state index >= 15 is 0 Å². The quantitative estimate of drug-likeness (QED) is 0.644. The maximum Gasteiger partial charge on any atom is 0.508 e. The number of carboxylic acids is 1. The van der Waals surface area contributed by atoms with Gasteiger partial charge in [-0.15, -0.1) is 0 Å². The van der Waals surface area contributed by atoms with Gasteiger partial charge in [0.2, 0.25) is 0 Å². The van der Waals surface area contributed by atoms with E-state index in [4.69, 9.17) is 15.1 Å². The van der Waals surface area contributed by atoms with Gasteiger partial charge >= 0.3 is 12.1 Å². The third-order valence-electron chi connectivity index (χ3n) is 2.13. The molecule has 0 aromatic heterocycles. The third kappa shape index (κ3) is 4.16. The molecule has 0 saturated carbocycles. The molecule has 1 aromatic carbocycles. The number of nitrogens with zero attached hydrogens (tertiary/aromatic N) is 1. The zero-order valence-electron chi connectivity index (χ0n) is 9.96. The van der Waals surface area contributed by atoms with Crippen LogP contribution >= 0.6 is 0 Å². The standard InChI is InChI=1S/C13H11NO5/c1-2-5-18-13(17)19-8-10-4-3-9(7-14)6-11(10)12(15)16/h2-4,6H,1,5,8H2,(H,15,16). The largest absolute Gasteiger partial charge is 0.508 e. The lowest BCUT2D eigenvalue weighted by Gasteiger charge is -2.07. The van der Waals surface area contributed by atoms with Crippen molar-refractivity contribution in [2.24, 2.45) is 0 Å². The second-order valence-electron chi connectivity index (χ2n) is 3.43. The number of aromatic carboxylic acids is 1. The predicted octanol–water partition coefficient (Wildman–Crippen LogP) is 2.10. The van der Waals surface area contributed by atoms with Crippen molar-refractivity contribution in [2.45, 2.75) is 6.61 Å². The number of carbonyl (C=O) groups excluding carboxylic acids is 1. The number of nitriles is 1. The first kappa shape index (κ1) is 14.3. The molecule has 0 spiro atoms. The fourth-order valence-corrected chi connectivity index (χ4v) is 1.28.